The van der Waals surface area contributed by atoms with Gasteiger partial charge in [-0.2, -0.15) is 0 Å². The molecule has 2 bridgehead atoms. The van der Waals surface area contributed by atoms with Crippen molar-refractivity contribution in [2.75, 3.05) is 13.7 Å². The van der Waals surface area contributed by atoms with Crippen LogP contribution in [0.2, 0.25) is 0 Å². The van der Waals surface area contributed by atoms with Gasteiger partial charge in [-0.15, -0.1) is 0 Å². The summed E-state index contributed by atoms with van der Waals surface area (Å²) in [7, 11) is 1.75. The van der Waals surface area contributed by atoms with Crippen LogP contribution in [-0.2, 0) is 18.9 Å². The Hall–Kier alpha value is -0.580. The van der Waals surface area contributed by atoms with Crippen LogP contribution >= 0.6 is 0 Å². The van der Waals surface area contributed by atoms with E-state index in [9.17, 15) is 0 Å². The summed E-state index contributed by atoms with van der Waals surface area (Å²) in [6.07, 6.45) is 7.68. The van der Waals surface area contributed by atoms with Crippen molar-refractivity contribution in [2.24, 2.45) is 11.8 Å². The third-order valence-electron chi connectivity index (χ3n) is 6.26. The molecule has 4 heteroatoms. The van der Waals surface area contributed by atoms with Crippen LogP contribution < -0.4 is 0 Å². The van der Waals surface area contributed by atoms with Gasteiger partial charge in [0.15, 0.2) is 5.79 Å². The third-order valence-corrected chi connectivity index (χ3v) is 6.26. The van der Waals surface area contributed by atoms with Crippen LogP contribution in [0.5, 0.6) is 0 Å². The SMILES string of the molecule is COCCCC1=C(C)[C@@H]2CCCC3CC[C@@]4(C)O[C@@H](O1)[C@@]32O4. The minimum atomic E-state index is -0.445. The average molecular weight is 308 g/mol. The molecule has 2 saturated heterocycles. The summed E-state index contributed by atoms with van der Waals surface area (Å²) in [5.74, 6) is 1.73. The minimum Gasteiger partial charge on any atom is -0.466 e. The monoisotopic (exact) mass is 308 g/mol. The molecule has 0 aromatic carbocycles. The number of hydrogen-bond acceptors (Lipinski definition) is 4. The predicted molar refractivity (Wildman–Crippen MR) is 82.1 cm³/mol. The summed E-state index contributed by atoms with van der Waals surface area (Å²) >= 11 is 0. The summed E-state index contributed by atoms with van der Waals surface area (Å²) in [5, 5.41) is 0. The molecular formula is C18H28O4. The molecule has 22 heavy (non-hydrogen) atoms. The molecule has 3 fully saturated rings. The maximum atomic E-state index is 6.58. The van der Waals surface area contributed by atoms with Crippen LogP contribution in [0, 0.1) is 11.8 Å². The molecule has 5 atom stereocenters. The van der Waals surface area contributed by atoms with E-state index in [2.05, 4.69) is 13.8 Å². The Kier molecular flexibility index (Phi) is 3.55. The van der Waals surface area contributed by atoms with Gasteiger partial charge < -0.3 is 18.9 Å². The molecule has 4 aliphatic rings. The highest BCUT2D eigenvalue weighted by molar-refractivity contribution is 5.25. The number of methoxy groups -OCH3 is 1. The first kappa shape index (κ1) is 15.0. The maximum Gasteiger partial charge on any atom is 0.232 e. The van der Waals surface area contributed by atoms with Crippen molar-refractivity contribution in [1.82, 2.24) is 0 Å². The fraction of sp³-hybridized carbons (Fsp3) is 0.889. The molecule has 1 unspecified atom stereocenters. The molecule has 1 saturated carbocycles. The number of hydrogen-bond donors (Lipinski definition) is 0. The van der Waals surface area contributed by atoms with Gasteiger partial charge in [0.05, 0.1) is 5.76 Å². The van der Waals surface area contributed by atoms with Gasteiger partial charge >= 0.3 is 0 Å². The first-order chi connectivity index (χ1) is 10.6. The molecule has 0 aromatic heterocycles. The molecule has 0 radical (unpaired) electrons. The first-order valence-electron chi connectivity index (χ1n) is 8.82. The van der Waals surface area contributed by atoms with Crippen LogP contribution in [0.3, 0.4) is 0 Å². The molecule has 4 nitrogen and oxygen atoms in total. The second-order valence-corrected chi connectivity index (χ2v) is 7.58. The summed E-state index contributed by atoms with van der Waals surface area (Å²) in [6, 6.07) is 0. The van der Waals surface area contributed by atoms with Gasteiger partial charge in [0.2, 0.25) is 6.29 Å². The molecule has 0 amide bonds. The van der Waals surface area contributed by atoms with Crippen molar-refractivity contribution in [3.63, 3.8) is 0 Å². The maximum absolute atomic E-state index is 6.58. The van der Waals surface area contributed by atoms with E-state index in [1.54, 1.807) is 7.11 Å². The Morgan fingerprint density at radius 3 is 2.95 bits per heavy atom. The van der Waals surface area contributed by atoms with Crippen molar-refractivity contribution >= 4 is 0 Å². The minimum absolute atomic E-state index is 0.212. The molecule has 124 valence electrons. The van der Waals surface area contributed by atoms with Gasteiger partial charge in [0.1, 0.15) is 5.60 Å². The Balaban J connectivity index is 1.66. The largest absolute Gasteiger partial charge is 0.466 e. The van der Waals surface area contributed by atoms with Gasteiger partial charge in [-0.3, -0.25) is 0 Å². The summed E-state index contributed by atoms with van der Waals surface area (Å²) in [5.41, 5.74) is 1.17. The van der Waals surface area contributed by atoms with Crippen LogP contribution in [-0.4, -0.2) is 31.4 Å². The summed E-state index contributed by atoms with van der Waals surface area (Å²) < 4.78 is 24.4. The Labute approximate surface area is 133 Å². The summed E-state index contributed by atoms with van der Waals surface area (Å²) in [6.45, 7) is 5.11. The molecule has 0 N–H and O–H groups in total. The molecule has 4 rings (SSSR count). The Morgan fingerprint density at radius 1 is 1.27 bits per heavy atom. The predicted octanol–water partition coefficient (Wildman–Crippen LogP) is 3.76. The quantitative estimate of drug-likeness (QED) is 0.741. The van der Waals surface area contributed by atoms with Crippen LogP contribution in [0.25, 0.3) is 0 Å². The Morgan fingerprint density at radius 2 is 2.14 bits per heavy atom. The van der Waals surface area contributed by atoms with Gasteiger partial charge in [0, 0.05) is 32.5 Å². The second-order valence-electron chi connectivity index (χ2n) is 7.58. The van der Waals surface area contributed by atoms with E-state index in [1.807, 2.05) is 0 Å². The molecule has 0 aromatic rings. The fourth-order valence-electron chi connectivity index (χ4n) is 5.22. The first-order valence-corrected chi connectivity index (χ1v) is 8.82. The van der Waals surface area contributed by atoms with Gasteiger partial charge in [0.25, 0.3) is 0 Å². The molecule has 3 heterocycles. The lowest BCUT2D eigenvalue weighted by Crippen LogP contribution is -2.60. The van der Waals surface area contributed by atoms with Gasteiger partial charge in [-0.25, -0.2) is 0 Å². The van der Waals surface area contributed by atoms with Crippen molar-refractivity contribution in [3.8, 4) is 0 Å². The topological polar surface area (TPSA) is 36.9 Å². The van der Waals surface area contributed by atoms with E-state index < -0.39 is 5.79 Å². The lowest BCUT2D eigenvalue weighted by Gasteiger charge is -2.53. The van der Waals surface area contributed by atoms with Crippen molar-refractivity contribution < 1.29 is 18.9 Å². The number of allylic oxidation sites excluding steroid dienone is 1. The molecule has 1 aliphatic carbocycles. The smallest absolute Gasteiger partial charge is 0.232 e. The lowest BCUT2D eigenvalue weighted by atomic mass is 9.62. The van der Waals surface area contributed by atoms with Gasteiger partial charge in [-0.1, -0.05) is 6.42 Å². The van der Waals surface area contributed by atoms with Crippen LogP contribution in [0.4, 0.5) is 0 Å². The van der Waals surface area contributed by atoms with E-state index in [4.69, 9.17) is 18.9 Å². The van der Waals surface area contributed by atoms with E-state index in [0.717, 1.165) is 31.6 Å². The van der Waals surface area contributed by atoms with Crippen molar-refractivity contribution in [3.05, 3.63) is 11.3 Å². The fourth-order valence-corrected chi connectivity index (χ4v) is 5.22. The second kappa shape index (κ2) is 5.22. The van der Waals surface area contributed by atoms with E-state index in [1.165, 1.54) is 31.3 Å². The standard InChI is InChI=1S/C18H28O4/c1-12-14-7-4-6-13-9-10-17(2)21-16(18(13,14)22-17)20-15(12)8-5-11-19-3/h13-14,16H,4-11H2,1-3H3/t13?,14-,16+,17-,18+/m0/s1. The lowest BCUT2D eigenvalue weighted by molar-refractivity contribution is -0.235. The van der Waals surface area contributed by atoms with E-state index in [0.29, 0.717) is 11.8 Å². The number of ether oxygens (including phenoxy) is 4. The van der Waals surface area contributed by atoms with E-state index in [-0.39, 0.29) is 11.9 Å². The highest BCUT2D eigenvalue weighted by Crippen LogP contribution is 2.62. The van der Waals surface area contributed by atoms with Crippen LogP contribution in [0.1, 0.15) is 58.8 Å². The number of fused-ring (bicyclic) bond motifs is 1. The molecule has 1 spiro atoms. The van der Waals surface area contributed by atoms with Crippen molar-refractivity contribution in [1.29, 1.82) is 0 Å². The van der Waals surface area contributed by atoms with E-state index >= 15 is 0 Å². The zero-order valence-electron chi connectivity index (χ0n) is 14.0. The zero-order chi connectivity index (χ0) is 15.4. The average Bonchev–Trinajstić information content (AvgIpc) is 2.73. The molecular weight excluding hydrogens is 280 g/mol. The highest BCUT2D eigenvalue weighted by Gasteiger charge is 2.69. The van der Waals surface area contributed by atoms with Crippen molar-refractivity contribution in [2.45, 2.75) is 76.5 Å². The van der Waals surface area contributed by atoms with Gasteiger partial charge in [-0.05, 0) is 51.0 Å². The summed E-state index contributed by atoms with van der Waals surface area (Å²) in [4.78, 5) is 0. The number of rotatable bonds is 4. The third kappa shape index (κ3) is 2.00. The zero-order valence-corrected chi connectivity index (χ0v) is 14.0. The van der Waals surface area contributed by atoms with Crippen LogP contribution in [0.15, 0.2) is 11.3 Å². The Bertz CT molecular complexity index is 487. The normalized spacial score (nSPS) is 46.4. The molecule has 3 aliphatic heterocycles. The highest BCUT2D eigenvalue weighted by atomic mass is 16.8.